The Morgan fingerprint density at radius 2 is 1.93 bits per heavy atom. The largest absolute Gasteiger partial charge is 0.353 e. The molecule has 0 bridgehead atoms. The van der Waals surface area contributed by atoms with E-state index < -0.39 is 0 Å². The Labute approximate surface area is 182 Å². The maximum atomic E-state index is 11.8. The number of carbonyl (C=O) groups is 1. The van der Waals surface area contributed by atoms with E-state index in [1.807, 2.05) is 13.0 Å². The number of fused-ring (bicyclic) bond motifs is 1. The predicted molar refractivity (Wildman–Crippen MR) is 127 cm³/mol. The summed E-state index contributed by atoms with van der Waals surface area (Å²) >= 11 is 1.59. The molecular weight excluding hydrogens is 392 g/mol. The third kappa shape index (κ3) is 4.82. The molecule has 0 unspecified atom stereocenters. The number of hydrogen-bond donors (Lipinski definition) is 1. The summed E-state index contributed by atoms with van der Waals surface area (Å²) in [5.74, 6) is 1.24. The van der Waals surface area contributed by atoms with Crippen molar-refractivity contribution >= 4 is 39.0 Å². The molecule has 3 aromatic rings. The second-order valence-corrected chi connectivity index (χ2v) is 8.83. The Bertz CT molecular complexity index is 1010. The summed E-state index contributed by atoms with van der Waals surface area (Å²) in [4.78, 5) is 16.8. The van der Waals surface area contributed by atoms with Crippen molar-refractivity contribution in [3.05, 3.63) is 53.6 Å². The SMILES string of the molecule is CCCC(=O)Nc1ccc(CCN2CCN(c3nsc4ccccc34)CC2)cc1C. The number of aromatic nitrogens is 1. The minimum absolute atomic E-state index is 0.0964. The average molecular weight is 423 g/mol. The number of aryl methyl sites for hydroxylation is 1. The average Bonchev–Trinajstić information content (AvgIpc) is 3.19. The first kappa shape index (κ1) is 20.8. The molecule has 1 aliphatic rings. The van der Waals surface area contributed by atoms with Gasteiger partial charge in [-0.3, -0.25) is 9.69 Å². The van der Waals surface area contributed by atoms with Crippen LogP contribution in [-0.2, 0) is 11.2 Å². The van der Waals surface area contributed by atoms with Gasteiger partial charge in [-0.2, -0.15) is 4.37 Å². The highest BCUT2D eigenvalue weighted by Gasteiger charge is 2.20. The number of amides is 1. The fraction of sp³-hybridized carbons (Fsp3) is 0.417. The number of piperazine rings is 1. The van der Waals surface area contributed by atoms with Crippen molar-refractivity contribution in [1.82, 2.24) is 9.27 Å². The van der Waals surface area contributed by atoms with Gasteiger partial charge >= 0.3 is 0 Å². The summed E-state index contributed by atoms with van der Waals surface area (Å²) in [6, 6.07) is 14.9. The molecule has 0 aliphatic carbocycles. The van der Waals surface area contributed by atoms with Crippen molar-refractivity contribution in [2.24, 2.45) is 0 Å². The van der Waals surface area contributed by atoms with Crippen LogP contribution in [0.25, 0.3) is 10.1 Å². The maximum absolute atomic E-state index is 11.8. The number of benzene rings is 2. The number of nitrogens with one attached hydrogen (secondary N) is 1. The lowest BCUT2D eigenvalue weighted by Gasteiger charge is -2.35. The topological polar surface area (TPSA) is 48.5 Å². The maximum Gasteiger partial charge on any atom is 0.224 e. The molecule has 1 aliphatic heterocycles. The van der Waals surface area contributed by atoms with Crippen LogP contribution in [0.4, 0.5) is 11.5 Å². The zero-order valence-electron chi connectivity index (χ0n) is 17.9. The van der Waals surface area contributed by atoms with Crippen molar-refractivity contribution in [2.45, 2.75) is 33.1 Å². The van der Waals surface area contributed by atoms with Crippen LogP contribution in [0.1, 0.15) is 30.9 Å². The van der Waals surface area contributed by atoms with Crippen LogP contribution in [0.5, 0.6) is 0 Å². The van der Waals surface area contributed by atoms with Gasteiger partial charge in [-0.05, 0) is 60.6 Å². The molecule has 1 aromatic heterocycles. The van der Waals surface area contributed by atoms with Gasteiger partial charge in [-0.15, -0.1) is 0 Å². The van der Waals surface area contributed by atoms with Crippen LogP contribution in [-0.4, -0.2) is 47.9 Å². The summed E-state index contributed by atoms with van der Waals surface area (Å²) in [5.41, 5.74) is 3.40. The first-order valence-electron chi connectivity index (χ1n) is 10.8. The highest BCUT2D eigenvalue weighted by molar-refractivity contribution is 7.13. The van der Waals surface area contributed by atoms with Gasteiger partial charge in [0.2, 0.25) is 5.91 Å². The van der Waals surface area contributed by atoms with Crippen LogP contribution < -0.4 is 10.2 Å². The van der Waals surface area contributed by atoms with E-state index in [-0.39, 0.29) is 5.91 Å². The van der Waals surface area contributed by atoms with Gasteiger partial charge in [0.15, 0.2) is 0 Å². The number of anilines is 2. The van der Waals surface area contributed by atoms with Crippen LogP contribution in [0.15, 0.2) is 42.5 Å². The van der Waals surface area contributed by atoms with Gasteiger partial charge in [-0.1, -0.05) is 31.2 Å². The molecule has 0 atom stereocenters. The molecule has 0 radical (unpaired) electrons. The molecular formula is C24H30N4OS. The Morgan fingerprint density at radius 1 is 1.13 bits per heavy atom. The van der Waals surface area contributed by atoms with Crippen molar-refractivity contribution in [3.63, 3.8) is 0 Å². The molecule has 1 amide bonds. The van der Waals surface area contributed by atoms with Crippen LogP contribution in [0.2, 0.25) is 0 Å². The molecule has 0 spiro atoms. The second-order valence-electron chi connectivity index (χ2n) is 8.03. The lowest BCUT2D eigenvalue weighted by molar-refractivity contribution is -0.116. The minimum Gasteiger partial charge on any atom is -0.353 e. The van der Waals surface area contributed by atoms with Gasteiger partial charge in [0.1, 0.15) is 5.82 Å². The first-order valence-corrected chi connectivity index (χ1v) is 11.6. The van der Waals surface area contributed by atoms with E-state index in [0.29, 0.717) is 6.42 Å². The van der Waals surface area contributed by atoms with Crippen molar-refractivity contribution in [1.29, 1.82) is 0 Å². The quantitative estimate of drug-likeness (QED) is 0.599. The van der Waals surface area contributed by atoms with E-state index in [2.05, 4.69) is 58.4 Å². The third-order valence-corrected chi connectivity index (χ3v) is 6.61. The molecule has 30 heavy (non-hydrogen) atoms. The van der Waals surface area contributed by atoms with Gasteiger partial charge in [-0.25, -0.2) is 0 Å². The molecule has 6 heteroatoms. The Morgan fingerprint density at radius 3 is 2.70 bits per heavy atom. The van der Waals surface area contributed by atoms with Gasteiger partial charge < -0.3 is 10.2 Å². The number of hydrogen-bond acceptors (Lipinski definition) is 5. The van der Waals surface area contributed by atoms with Crippen LogP contribution in [0, 0.1) is 6.92 Å². The smallest absolute Gasteiger partial charge is 0.224 e. The molecule has 1 saturated heterocycles. The molecule has 2 heterocycles. The molecule has 1 N–H and O–H groups in total. The van der Waals surface area contributed by atoms with Crippen molar-refractivity contribution in [2.75, 3.05) is 42.9 Å². The summed E-state index contributed by atoms with van der Waals surface area (Å²) in [5, 5.41) is 4.29. The lowest BCUT2D eigenvalue weighted by Crippen LogP contribution is -2.47. The third-order valence-electron chi connectivity index (χ3n) is 5.79. The zero-order valence-corrected chi connectivity index (χ0v) is 18.7. The van der Waals surface area contributed by atoms with Crippen LogP contribution in [0.3, 0.4) is 0 Å². The number of rotatable bonds is 7. The van der Waals surface area contributed by atoms with E-state index in [1.54, 1.807) is 11.5 Å². The Hall–Kier alpha value is -2.44. The van der Waals surface area contributed by atoms with Crippen LogP contribution >= 0.6 is 11.5 Å². The predicted octanol–water partition coefficient (Wildman–Crippen LogP) is 4.71. The van der Waals surface area contributed by atoms with E-state index >= 15 is 0 Å². The van der Waals surface area contributed by atoms with E-state index in [9.17, 15) is 4.79 Å². The standard InChI is InChI=1S/C24H30N4OS/c1-3-6-23(29)25-21-10-9-19(17-18(21)2)11-12-27-13-15-28(16-14-27)24-20-7-4-5-8-22(20)30-26-24/h4-5,7-10,17H,3,6,11-16H2,1-2H3,(H,25,29). The number of nitrogens with zero attached hydrogens (tertiary/aromatic N) is 3. The van der Waals surface area contributed by atoms with Gasteiger partial charge in [0, 0.05) is 50.2 Å². The summed E-state index contributed by atoms with van der Waals surface area (Å²) < 4.78 is 5.97. The highest BCUT2D eigenvalue weighted by Crippen LogP contribution is 2.29. The molecule has 1 fully saturated rings. The highest BCUT2D eigenvalue weighted by atomic mass is 32.1. The van der Waals surface area contributed by atoms with E-state index in [4.69, 9.17) is 4.37 Å². The minimum atomic E-state index is 0.0964. The summed E-state index contributed by atoms with van der Waals surface area (Å²) in [6.45, 7) is 9.33. The van der Waals surface area contributed by atoms with Crippen molar-refractivity contribution in [3.8, 4) is 0 Å². The molecule has 2 aromatic carbocycles. The van der Waals surface area contributed by atoms with Crippen molar-refractivity contribution < 1.29 is 4.79 Å². The van der Waals surface area contributed by atoms with E-state index in [0.717, 1.165) is 62.6 Å². The molecule has 4 rings (SSSR count). The van der Waals surface area contributed by atoms with Gasteiger partial charge in [0.25, 0.3) is 0 Å². The van der Waals surface area contributed by atoms with Gasteiger partial charge in [0.05, 0.1) is 4.70 Å². The first-order chi connectivity index (χ1) is 14.6. The lowest BCUT2D eigenvalue weighted by atomic mass is 10.1. The normalized spacial score (nSPS) is 14.9. The zero-order chi connectivity index (χ0) is 20.9. The second kappa shape index (κ2) is 9.58. The number of carbonyl (C=O) groups excluding carboxylic acids is 1. The monoisotopic (exact) mass is 422 g/mol. The molecule has 158 valence electrons. The summed E-state index contributed by atoms with van der Waals surface area (Å²) in [6.07, 6.45) is 2.47. The molecule has 5 nitrogen and oxygen atoms in total. The van der Waals surface area contributed by atoms with E-state index in [1.165, 1.54) is 15.6 Å². The fourth-order valence-corrected chi connectivity index (χ4v) is 4.83. The summed E-state index contributed by atoms with van der Waals surface area (Å²) in [7, 11) is 0. The molecule has 0 saturated carbocycles. The Balaban J connectivity index is 1.28. The fourth-order valence-electron chi connectivity index (χ4n) is 4.03. The Kier molecular flexibility index (Phi) is 6.65.